The van der Waals surface area contributed by atoms with E-state index in [2.05, 4.69) is 10.3 Å². The number of hydrogen-bond acceptors (Lipinski definition) is 4. The van der Waals surface area contributed by atoms with Gasteiger partial charge in [-0.05, 0) is 31.5 Å². The molecule has 0 amide bonds. The van der Waals surface area contributed by atoms with E-state index >= 15 is 0 Å². The second kappa shape index (κ2) is 5.63. The van der Waals surface area contributed by atoms with E-state index in [0.29, 0.717) is 11.6 Å². The normalized spacial score (nSPS) is 19.8. The molecule has 0 bridgehead atoms. The topological polar surface area (TPSA) is 55.6 Å². The highest BCUT2D eigenvalue weighted by Crippen LogP contribution is 2.25. The quantitative estimate of drug-likeness (QED) is 0.850. The number of imidazole rings is 1. The molecule has 20 heavy (non-hydrogen) atoms. The summed E-state index contributed by atoms with van der Waals surface area (Å²) in [4.78, 5) is 16.5. The van der Waals surface area contributed by atoms with Crippen LogP contribution < -0.4 is 5.32 Å². The lowest BCUT2D eigenvalue weighted by molar-refractivity contribution is 0.0596. The summed E-state index contributed by atoms with van der Waals surface area (Å²) in [6, 6.07) is 5.79. The highest BCUT2D eigenvalue weighted by Gasteiger charge is 2.23. The summed E-state index contributed by atoms with van der Waals surface area (Å²) >= 11 is 0. The largest absolute Gasteiger partial charge is 0.464 e. The molecule has 2 aromatic heterocycles. The van der Waals surface area contributed by atoms with Gasteiger partial charge in [0, 0.05) is 18.7 Å². The van der Waals surface area contributed by atoms with Gasteiger partial charge in [0.1, 0.15) is 5.82 Å². The number of ether oxygens (including phenoxy) is 1. The molecule has 2 aromatic rings. The zero-order valence-corrected chi connectivity index (χ0v) is 11.6. The lowest BCUT2D eigenvalue weighted by Gasteiger charge is -2.12. The van der Waals surface area contributed by atoms with Gasteiger partial charge in [0.05, 0.1) is 12.6 Å². The first kappa shape index (κ1) is 13.1. The predicted molar refractivity (Wildman–Crippen MR) is 76.0 cm³/mol. The summed E-state index contributed by atoms with van der Waals surface area (Å²) in [6.07, 6.45) is 5.45. The second-order valence-electron chi connectivity index (χ2n) is 5.16. The van der Waals surface area contributed by atoms with Crippen LogP contribution in [0.1, 0.15) is 41.5 Å². The van der Waals surface area contributed by atoms with Crippen LogP contribution in [0.5, 0.6) is 0 Å². The SMILES string of the molecule is COC(=O)c1nc(C2CCCCNC2)n2ccccc12. The molecular formula is C15H19N3O2. The number of hydrogen-bond donors (Lipinski definition) is 1. The van der Waals surface area contributed by atoms with Crippen LogP contribution in [0.3, 0.4) is 0 Å². The third-order valence-electron chi connectivity index (χ3n) is 3.87. The third-order valence-corrected chi connectivity index (χ3v) is 3.87. The smallest absolute Gasteiger partial charge is 0.358 e. The lowest BCUT2D eigenvalue weighted by Crippen LogP contribution is -2.20. The average Bonchev–Trinajstić information content (AvgIpc) is 2.68. The van der Waals surface area contributed by atoms with Gasteiger partial charge in [-0.2, -0.15) is 0 Å². The summed E-state index contributed by atoms with van der Waals surface area (Å²) in [7, 11) is 1.39. The molecule has 1 atom stereocenters. The molecule has 1 N–H and O–H groups in total. The van der Waals surface area contributed by atoms with Crippen LogP contribution in [-0.4, -0.2) is 35.6 Å². The van der Waals surface area contributed by atoms with Gasteiger partial charge in [-0.25, -0.2) is 9.78 Å². The molecule has 3 rings (SSSR count). The molecule has 1 saturated heterocycles. The molecule has 1 aliphatic rings. The minimum Gasteiger partial charge on any atom is -0.464 e. The van der Waals surface area contributed by atoms with E-state index in [1.54, 1.807) is 0 Å². The Morgan fingerprint density at radius 3 is 3.20 bits per heavy atom. The summed E-state index contributed by atoms with van der Waals surface area (Å²) in [5, 5.41) is 3.44. The van der Waals surface area contributed by atoms with Crippen LogP contribution in [0.2, 0.25) is 0 Å². The molecule has 0 aromatic carbocycles. The van der Waals surface area contributed by atoms with E-state index in [0.717, 1.165) is 30.9 Å². The molecule has 0 radical (unpaired) electrons. The van der Waals surface area contributed by atoms with Crippen LogP contribution in [-0.2, 0) is 4.74 Å². The Kier molecular flexibility index (Phi) is 3.69. The first-order chi connectivity index (χ1) is 9.81. The van der Waals surface area contributed by atoms with Crippen molar-refractivity contribution in [3.63, 3.8) is 0 Å². The predicted octanol–water partition coefficient (Wildman–Crippen LogP) is 1.98. The van der Waals surface area contributed by atoms with Crippen molar-refractivity contribution in [2.75, 3.05) is 20.2 Å². The van der Waals surface area contributed by atoms with E-state index in [4.69, 9.17) is 4.74 Å². The summed E-state index contributed by atoms with van der Waals surface area (Å²) < 4.78 is 6.86. The number of pyridine rings is 1. The van der Waals surface area contributed by atoms with Crippen LogP contribution in [0.4, 0.5) is 0 Å². The van der Waals surface area contributed by atoms with Crippen molar-refractivity contribution >= 4 is 11.5 Å². The van der Waals surface area contributed by atoms with Gasteiger partial charge in [0.2, 0.25) is 0 Å². The van der Waals surface area contributed by atoms with E-state index in [9.17, 15) is 4.79 Å². The maximum absolute atomic E-state index is 11.9. The van der Waals surface area contributed by atoms with Crippen molar-refractivity contribution in [3.05, 3.63) is 35.9 Å². The van der Waals surface area contributed by atoms with E-state index in [1.165, 1.54) is 20.0 Å². The number of fused-ring (bicyclic) bond motifs is 1. The molecule has 0 spiro atoms. The number of methoxy groups -OCH3 is 1. The van der Waals surface area contributed by atoms with Crippen molar-refractivity contribution < 1.29 is 9.53 Å². The Bertz CT molecular complexity index is 613. The number of aromatic nitrogens is 2. The maximum atomic E-state index is 11.9. The number of carbonyl (C=O) groups is 1. The zero-order chi connectivity index (χ0) is 13.9. The molecule has 1 unspecified atom stereocenters. The van der Waals surface area contributed by atoms with E-state index in [-0.39, 0.29) is 5.97 Å². The van der Waals surface area contributed by atoms with Crippen LogP contribution in [0, 0.1) is 0 Å². The summed E-state index contributed by atoms with van der Waals surface area (Å²) in [6.45, 7) is 1.97. The molecule has 5 nitrogen and oxygen atoms in total. The van der Waals surface area contributed by atoms with Gasteiger partial charge in [0.25, 0.3) is 0 Å². The highest BCUT2D eigenvalue weighted by molar-refractivity contribution is 5.95. The molecule has 5 heteroatoms. The first-order valence-electron chi connectivity index (χ1n) is 7.07. The Morgan fingerprint density at radius 2 is 2.35 bits per heavy atom. The molecule has 1 aliphatic heterocycles. The Labute approximate surface area is 118 Å². The highest BCUT2D eigenvalue weighted by atomic mass is 16.5. The molecule has 0 aliphatic carbocycles. The fourth-order valence-electron chi connectivity index (χ4n) is 2.84. The minimum absolute atomic E-state index is 0.339. The van der Waals surface area contributed by atoms with E-state index in [1.807, 2.05) is 28.8 Å². The van der Waals surface area contributed by atoms with Crippen LogP contribution >= 0.6 is 0 Å². The van der Waals surface area contributed by atoms with Crippen molar-refractivity contribution in [1.29, 1.82) is 0 Å². The van der Waals surface area contributed by atoms with Crippen LogP contribution in [0.15, 0.2) is 24.4 Å². The molecule has 0 saturated carbocycles. The number of nitrogens with zero attached hydrogens (tertiary/aromatic N) is 2. The van der Waals surface area contributed by atoms with Crippen molar-refractivity contribution in [2.45, 2.75) is 25.2 Å². The lowest BCUT2D eigenvalue weighted by atomic mass is 10.0. The van der Waals surface area contributed by atoms with Crippen molar-refractivity contribution in [1.82, 2.24) is 14.7 Å². The van der Waals surface area contributed by atoms with Gasteiger partial charge >= 0.3 is 5.97 Å². The van der Waals surface area contributed by atoms with Gasteiger partial charge in [-0.1, -0.05) is 12.5 Å². The Balaban J connectivity index is 2.08. The molecule has 106 valence electrons. The van der Waals surface area contributed by atoms with Crippen molar-refractivity contribution in [3.8, 4) is 0 Å². The fraction of sp³-hybridized carbons (Fsp3) is 0.467. The number of nitrogens with one attached hydrogen (secondary N) is 1. The van der Waals surface area contributed by atoms with Gasteiger partial charge in [-0.3, -0.25) is 0 Å². The number of esters is 1. The van der Waals surface area contributed by atoms with Gasteiger partial charge < -0.3 is 14.5 Å². The Hall–Kier alpha value is -1.88. The standard InChI is InChI=1S/C15H19N3O2/c1-20-15(19)13-12-7-3-5-9-18(12)14(17-13)11-6-2-4-8-16-10-11/h3,5,7,9,11,16H,2,4,6,8,10H2,1H3. The average molecular weight is 273 g/mol. The summed E-state index contributed by atoms with van der Waals surface area (Å²) in [5.41, 5.74) is 1.23. The minimum atomic E-state index is -0.374. The second-order valence-corrected chi connectivity index (χ2v) is 5.16. The molecule has 3 heterocycles. The number of rotatable bonds is 2. The zero-order valence-electron chi connectivity index (χ0n) is 11.6. The van der Waals surface area contributed by atoms with E-state index < -0.39 is 0 Å². The fourth-order valence-corrected chi connectivity index (χ4v) is 2.84. The van der Waals surface area contributed by atoms with Crippen molar-refractivity contribution in [2.24, 2.45) is 0 Å². The van der Waals surface area contributed by atoms with Gasteiger partial charge in [-0.15, -0.1) is 0 Å². The van der Waals surface area contributed by atoms with Crippen LogP contribution in [0.25, 0.3) is 5.52 Å². The van der Waals surface area contributed by atoms with Gasteiger partial charge in [0.15, 0.2) is 5.69 Å². The summed E-state index contributed by atoms with van der Waals surface area (Å²) in [5.74, 6) is 0.919. The maximum Gasteiger partial charge on any atom is 0.358 e. The monoisotopic (exact) mass is 273 g/mol. The molecule has 1 fully saturated rings. The molecular weight excluding hydrogens is 254 g/mol. The first-order valence-corrected chi connectivity index (χ1v) is 7.07. The number of carbonyl (C=O) groups excluding carboxylic acids is 1. The Morgan fingerprint density at radius 1 is 1.45 bits per heavy atom. The third kappa shape index (κ3) is 2.29.